The first kappa shape index (κ1) is 11.1. The smallest absolute Gasteiger partial charge is 0.374 e. The molecule has 0 atom stereocenters. The Morgan fingerprint density at radius 1 is 1.35 bits per heavy atom. The van der Waals surface area contributed by atoms with Gasteiger partial charge in [0.25, 0.3) is 0 Å². The number of aromatic carboxylic acids is 1. The topological polar surface area (TPSA) is 77.1 Å². The highest BCUT2D eigenvalue weighted by atomic mass is 16.4. The van der Waals surface area contributed by atoms with E-state index >= 15 is 0 Å². The lowest BCUT2D eigenvalue weighted by atomic mass is 10.2. The summed E-state index contributed by atoms with van der Waals surface area (Å²) < 4.78 is 2.16. The van der Waals surface area contributed by atoms with Gasteiger partial charge in [-0.05, 0) is 5.56 Å². The zero-order valence-corrected chi connectivity index (χ0v) is 9.20. The number of carboxylic acid groups (broad SMARTS) is 1. The van der Waals surface area contributed by atoms with E-state index in [2.05, 4.69) is 5.10 Å². The van der Waals surface area contributed by atoms with Crippen molar-refractivity contribution >= 4 is 5.97 Å². The summed E-state index contributed by atoms with van der Waals surface area (Å²) in [6.07, 6.45) is 0. The molecular formula is C11H11N3O3. The van der Waals surface area contributed by atoms with Crippen molar-refractivity contribution in [1.82, 2.24) is 14.3 Å². The van der Waals surface area contributed by atoms with Crippen LogP contribution in [0, 0.1) is 0 Å². The van der Waals surface area contributed by atoms with Crippen LogP contribution in [0.15, 0.2) is 35.1 Å². The molecule has 1 heterocycles. The van der Waals surface area contributed by atoms with Crippen molar-refractivity contribution < 1.29 is 9.90 Å². The summed E-state index contributed by atoms with van der Waals surface area (Å²) in [4.78, 5) is 22.6. The van der Waals surface area contributed by atoms with Crippen LogP contribution in [0.4, 0.5) is 0 Å². The molecule has 1 aromatic heterocycles. The first-order chi connectivity index (χ1) is 8.09. The third-order valence-electron chi connectivity index (χ3n) is 2.38. The molecule has 2 rings (SSSR count). The van der Waals surface area contributed by atoms with Crippen LogP contribution in [0.25, 0.3) is 0 Å². The first-order valence-electron chi connectivity index (χ1n) is 5.00. The summed E-state index contributed by atoms with van der Waals surface area (Å²) in [6.45, 7) is 0.204. The number of aryl methyl sites for hydroxylation is 1. The Labute approximate surface area is 96.7 Å². The maximum Gasteiger partial charge on any atom is 0.374 e. The maximum atomic E-state index is 11.7. The van der Waals surface area contributed by atoms with E-state index in [0.29, 0.717) is 0 Å². The molecule has 0 saturated carbocycles. The number of benzene rings is 1. The quantitative estimate of drug-likeness (QED) is 0.828. The molecule has 1 N–H and O–H groups in total. The van der Waals surface area contributed by atoms with Gasteiger partial charge in [0.1, 0.15) is 0 Å². The predicted molar refractivity (Wildman–Crippen MR) is 60.0 cm³/mol. The lowest BCUT2D eigenvalue weighted by Crippen LogP contribution is -2.25. The van der Waals surface area contributed by atoms with Crippen LogP contribution >= 0.6 is 0 Å². The number of rotatable bonds is 3. The monoisotopic (exact) mass is 233 g/mol. The van der Waals surface area contributed by atoms with E-state index in [1.165, 1.54) is 7.05 Å². The Hall–Kier alpha value is -2.37. The molecule has 6 heteroatoms. The Morgan fingerprint density at radius 2 is 2.00 bits per heavy atom. The third kappa shape index (κ3) is 2.10. The number of carbonyl (C=O) groups is 1. The van der Waals surface area contributed by atoms with E-state index in [0.717, 1.165) is 14.8 Å². The van der Waals surface area contributed by atoms with Gasteiger partial charge in [-0.3, -0.25) is 4.57 Å². The van der Waals surface area contributed by atoms with Gasteiger partial charge in [-0.1, -0.05) is 30.3 Å². The molecule has 0 fully saturated rings. The molecule has 0 bridgehead atoms. The molecule has 0 aliphatic rings. The molecule has 0 unspecified atom stereocenters. The van der Waals surface area contributed by atoms with Gasteiger partial charge in [-0.2, -0.15) is 0 Å². The Bertz CT molecular complexity index is 598. The Kier molecular flexibility index (Phi) is 2.78. The van der Waals surface area contributed by atoms with Crippen molar-refractivity contribution in [2.75, 3.05) is 0 Å². The second-order valence-corrected chi connectivity index (χ2v) is 3.61. The van der Waals surface area contributed by atoms with E-state index in [1.807, 2.05) is 30.3 Å². The van der Waals surface area contributed by atoms with Crippen molar-refractivity contribution in [2.45, 2.75) is 6.54 Å². The zero-order chi connectivity index (χ0) is 12.4. The molecule has 0 aliphatic carbocycles. The van der Waals surface area contributed by atoms with Crippen LogP contribution in [-0.4, -0.2) is 25.4 Å². The molecule has 17 heavy (non-hydrogen) atoms. The van der Waals surface area contributed by atoms with E-state index in [-0.39, 0.29) is 12.4 Å². The van der Waals surface area contributed by atoms with E-state index in [9.17, 15) is 9.59 Å². The fraction of sp³-hybridized carbons (Fsp3) is 0.182. The molecule has 1 aromatic carbocycles. The van der Waals surface area contributed by atoms with Crippen molar-refractivity contribution in [3.63, 3.8) is 0 Å². The van der Waals surface area contributed by atoms with Gasteiger partial charge >= 0.3 is 11.7 Å². The van der Waals surface area contributed by atoms with Crippen molar-refractivity contribution in [1.29, 1.82) is 0 Å². The normalized spacial score (nSPS) is 10.4. The van der Waals surface area contributed by atoms with Crippen molar-refractivity contribution in [2.24, 2.45) is 7.05 Å². The van der Waals surface area contributed by atoms with Gasteiger partial charge in [-0.15, -0.1) is 5.10 Å². The van der Waals surface area contributed by atoms with E-state index in [4.69, 9.17) is 5.11 Å². The van der Waals surface area contributed by atoms with Crippen LogP contribution in [0.2, 0.25) is 0 Å². The van der Waals surface area contributed by atoms with Gasteiger partial charge in [0, 0.05) is 7.05 Å². The van der Waals surface area contributed by atoms with Crippen LogP contribution in [0.3, 0.4) is 0 Å². The average molecular weight is 233 g/mol. The SMILES string of the molecule is Cn1nc(C(=O)O)n(Cc2ccccc2)c1=O. The molecule has 0 amide bonds. The van der Waals surface area contributed by atoms with Gasteiger partial charge in [-0.25, -0.2) is 14.3 Å². The molecule has 0 spiro atoms. The minimum Gasteiger partial charge on any atom is -0.475 e. The largest absolute Gasteiger partial charge is 0.475 e. The molecular weight excluding hydrogens is 222 g/mol. The van der Waals surface area contributed by atoms with Crippen LogP contribution in [-0.2, 0) is 13.6 Å². The molecule has 0 radical (unpaired) electrons. The van der Waals surface area contributed by atoms with Crippen molar-refractivity contribution in [3.8, 4) is 0 Å². The summed E-state index contributed by atoms with van der Waals surface area (Å²) in [5, 5.41) is 12.6. The average Bonchev–Trinajstić information content (AvgIpc) is 2.59. The number of carboxylic acids is 1. The lowest BCUT2D eigenvalue weighted by molar-refractivity contribution is 0.0677. The first-order valence-corrected chi connectivity index (χ1v) is 5.00. The second-order valence-electron chi connectivity index (χ2n) is 3.61. The summed E-state index contributed by atoms with van der Waals surface area (Å²) in [6, 6.07) is 9.16. The highest BCUT2D eigenvalue weighted by Gasteiger charge is 2.17. The second kappa shape index (κ2) is 4.25. The minimum absolute atomic E-state index is 0.204. The summed E-state index contributed by atoms with van der Waals surface area (Å²) in [5.74, 6) is -1.46. The number of hydrogen-bond donors (Lipinski definition) is 1. The lowest BCUT2D eigenvalue weighted by Gasteiger charge is -2.02. The molecule has 6 nitrogen and oxygen atoms in total. The highest BCUT2D eigenvalue weighted by molar-refractivity contribution is 5.83. The van der Waals surface area contributed by atoms with Crippen LogP contribution < -0.4 is 5.69 Å². The molecule has 0 saturated heterocycles. The number of nitrogens with zero attached hydrogens (tertiary/aromatic N) is 3. The van der Waals surface area contributed by atoms with Crippen LogP contribution in [0.1, 0.15) is 16.2 Å². The summed E-state index contributed by atoms with van der Waals surface area (Å²) in [7, 11) is 1.43. The predicted octanol–water partition coefficient (Wildman–Crippen LogP) is 0.328. The Morgan fingerprint density at radius 3 is 2.59 bits per heavy atom. The zero-order valence-electron chi connectivity index (χ0n) is 9.20. The van der Waals surface area contributed by atoms with Gasteiger partial charge in [0.05, 0.1) is 6.54 Å². The van der Waals surface area contributed by atoms with Crippen LogP contribution in [0.5, 0.6) is 0 Å². The Balaban J connectivity index is 2.45. The number of aromatic nitrogens is 3. The molecule has 0 aliphatic heterocycles. The molecule has 2 aromatic rings. The fourth-order valence-corrected chi connectivity index (χ4v) is 1.57. The van der Waals surface area contributed by atoms with E-state index < -0.39 is 11.7 Å². The van der Waals surface area contributed by atoms with Crippen molar-refractivity contribution in [3.05, 3.63) is 52.2 Å². The summed E-state index contributed by atoms with van der Waals surface area (Å²) in [5.41, 5.74) is 0.413. The van der Waals surface area contributed by atoms with Gasteiger partial charge < -0.3 is 5.11 Å². The minimum atomic E-state index is -1.21. The highest BCUT2D eigenvalue weighted by Crippen LogP contribution is 2.02. The molecule has 88 valence electrons. The fourth-order valence-electron chi connectivity index (χ4n) is 1.57. The van der Waals surface area contributed by atoms with E-state index in [1.54, 1.807) is 0 Å². The van der Waals surface area contributed by atoms with Gasteiger partial charge in [0.15, 0.2) is 0 Å². The maximum absolute atomic E-state index is 11.7. The third-order valence-corrected chi connectivity index (χ3v) is 2.38. The standard InChI is InChI=1S/C11H11N3O3/c1-13-11(17)14(9(12-13)10(15)16)7-8-5-3-2-4-6-8/h2-6H,7H2,1H3,(H,15,16). The number of hydrogen-bond acceptors (Lipinski definition) is 3. The summed E-state index contributed by atoms with van der Waals surface area (Å²) >= 11 is 0. The van der Waals surface area contributed by atoms with Gasteiger partial charge in [0.2, 0.25) is 5.82 Å².